The highest BCUT2D eigenvalue weighted by atomic mass is 127. The average molecular weight is 437 g/mol. The molecule has 114 valence electrons. The third-order valence-corrected chi connectivity index (χ3v) is 8.08. The molecular formula is C16H19Cl2IN2. The monoisotopic (exact) mass is 436 g/mol. The van der Waals surface area contributed by atoms with Gasteiger partial charge in [0, 0.05) is 5.41 Å². The smallest absolute Gasteiger partial charge is 0.147 e. The van der Waals surface area contributed by atoms with Crippen molar-refractivity contribution in [3.05, 3.63) is 19.7 Å². The molecule has 2 nitrogen and oxygen atoms in total. The van der Waals surface area contributed by atoms with Crippen molar-refractivity contribution >= 4 is 45.8 Å². The summed E-state index contributed by atoms with van der Waals surface area (Å²) < 4.78 is 0.766. The number of hydrogen-bond acceptors (Lipinski definition) is 2. The first-order valence-electron chi connectivity index (χ1n) is 7.62. The van der Waals surface area contributed by atoms with Gasteiger partial charge in [0.15, 0.2) is 0 Å². The molecule has 1 aromatic heterocycles. The van der Waals surface area contributed by atoms with Crippen LogP contribution in [0.3, 0.4) is 0 Å². The number of rotatable bonds is 1. The fourth-order valence-electron chi connectivity index (χ4n) is 6.33. The van der Waals surface area contributed by atoms with Crippen LogP contribution in [0.15, 0.2) is 0 Å². The van der Waals surface area contributed by atoms with Crippen LogP contribution in [-0.2, 0) is 5.41 Å². The number of nitrogens with zero attached hydrogens (tertiary/aromatic N) is 2. The van der Waals surface area contributed by atoms with Gasteiger partial charge in [0.2, 0.25) is 0 Å². The molecule has 2 unspecified atom stereocenters. The van der Waals surface area contributed by atoms with Crippen molar-refractivity contribution < 1.29 is 0 Å². The van der Waals surface area contributed by atoms with Crippen molar-refractivity contribution in [2.75, 3.05) is 0 Å². The van der Waals surface area contributed by atoms with Crippen molar-refractivity contribution in [3.63, 3.8) is 0 Å². The van der Waals surface area contributed by atoms with E-state index in [4.69, 9.17) is 23.2 Å². The van der Waals surface area contributed by atoms with Crippen LogP contribution >= 0.6 is 45.8 Å². The summed E-state index contributed by atoms with van der Waals surface area (Å²) in [4.78, 5) is 9.30. The third-order valence-electron chi connectivity index (χ3n) is 5.87. The van der Waals surface area contributed by atoms with E-state index in [9.17, 15) is 0 Å². The number of halogens is 3. The zero-order valence-corrected chi connectivity index (χ0v) is 16.0. The predicted octanol–water partition coefficient (Wildman–Crippen LogP) is 5.64. The minimum Gasteiger partial charge on any atom is -0.219 e. The van der Waals surface area contributed by atoms with Gasteiger partial charge >= 0.3 is 0 Å². The zero-order valence-electron chi connectivity index (χ0n) is 12.3. The van der Waals surface area contributed by atoms with E-state index in [2.05, 4.69) is 46.4 Å². The second-order valence-corrected chi connectivity index (χ2v) is 10.1. The molecule has 4 saturated carbocycles. The Morgan fingerprint density at radius 3 is 1.95 bits per heavy atom. The Kier molecular flexibility index (Phi) is 3.19. The standard InChI is InChI=1S/C16H19Cl2IN2/c1-14-3-9-4-15(2,6-14)8-16(5-9,7-14)13-20-11(17)10(19)12(18)21-13/h9H,3-8H2,1-2H3. The molecule has 1 aromatic rings. The van der Waals surface area contributed by atoms with Crippen molar-refractivity contribution in [1.82, 2.24) is 9.97 Å². The Bertz CT molecular complexity index is 592. The summed E-state index contributed by atoms with van der Waals surface area (Å²) >= 11 is 14.7. The van der Waals surface area contributed by atoms with Gasteiger partial charge in [0.1, 0.15) is 16.1 Å². The SMILES string of the molecule is CC12CC3CC(C)(C1)CC(c1nc(Cl)c(I)c(Cl)n1)(C3)C2. The predicted molar refractivity (Wildman–Crippen MR) is 93.9 cm³/mol. The molecule has 4 fully saturated rings. The second-order valence-electron chi connectivity index (χ2n) is 8.35. The van der Waals surface area contributed by atoms with E-state index in [-0.39, 0.29) is 5.41 Å². The van der Waals surface area contributed by atoms with Crippen molar-refractivity contribution in [2.45, 2.75) is 57.8 Å². The molecule has 1 heterocycles. The number of aromatic nitrogens is 2. The molecule has 5 rings (SSSR count). The summed E-state index contributed by atoms with van der Waals surface area (Å²) in [5.41, 5.74) is 0.986. The quantitative estimate of drug-likeness (QED) is 0.420. The first-order chi connectivity index (χ1) is 9.73. The fourth-order valence-corrected chi connectivity index (χ4v) is 6.96. The normalized spacial score (nSPS) is 44.3. The van der Waals surface area contributed by atoms with Crippen LogP contribution in [0.2, 0.25) is 10.3 Å². The van der Waals surface area contributed by atoms with Gasteiger partial charge in [0.25, 0.3) is 0 Å². The lowest BCUT2D eigenvalue weighted by molar-refractivity contribution is -0.112. The Morgan fingerprint density at radius 2 is 1.48 bits per heavy atom. The highest BCUT2D eigenvalue weighted by Crippen LogP contribution is 2.69. The van der Waals surface area contributed by atoms with E-state index in [0.29, 0.717) is 21.1 Å². The highest BCUT2D eigenvalue weighted by molar-refractivity contribution is 14.1. The number of hydrogen-bond donors (Lipinski definition) is 0. The molecule has 4 aliphatic carbocycles. The van der Waals surface area contributed by atoms with E-state index in [1.165, 1.54) is 38.5 Å². The van der Waals surface area contributed by atoms with E-state index >= 15 is 0 Å². The maximum atomic E-state index is 6.29. The summed E-state index contributed by atoms with van der Waals surface area (Å²) in [7, 11) is 0. The van der Waals surface area contributed by atoms with Gasteiger partial charge in [-0.05, 0) is 77.9 Å². The average Bonchev–Trinajstić information content (AvgIpc) is 2.30. The minimum absolute atomic E-state index is 0.0978. The molecule has 4 aliphatic rings. The van der Waals surface area contributed by atoms with E-state index < -0.39 is 0 Å². The third kappa shape index (κ3) is 2.25. The van der Waals surface area contributed by atoms with Crippen molar-refractivity contribution in [3.8, 4) is 0 Å². The maximum absolute atomic E-state index is 6.29. The van der Waals surface area contributed by atoms with Gasteiger partial charge in [-0.15, -0.1) is 0 Å². The molecule has 0 amide bonds. The summed E-state index contributed by atoms with van der Waals surface area (Å²) in [6, 6.07) is 0. The molecule has 0 N–H and O–H groups in total. The van der Waals surface area contributed by atoms with Crippen LogP contribution in [0, 0.1) is 20.3 Å². The summed E-state index contributed by atoms with van der Waals surface area (Å²) in [5, 5.41) is 1.02. The van der Waals surface area contributed by atoms with Crippen LogP contribution in [-0.4, -0.2) is 9.97 Å². The lowest BCUT2D eigenvalue weighted by Crippen LogP contribution is -2.57. The van der Waals surface area contributed by atoms with Gasteiger partial charge < -0.3 is 0 Å². The molecule has 0 aliphatic heterocycles. The van der Waals surface area contributed by atoms with Gasteiger partial charge in [-0.1, -0.05) is 37.0 Å². The first-order valence-corrected chi connectivity index (χ1v) is 9.45. The maximum Gasteiger partial charge on any atom is 0.147 e. The van der Waals surface area contributed by atoms with E-state index in [0.717, 1.165) is 15.3 Å². The Labute approximate surface area is 149 Å². The second kappa shape index (κ2) is 4.47. The molecule has 0 saturated heterocycles. The molecule has 21 heavy (non-hydrogen) atoms. The molecule has 2 atom stereocenters. The van der Waals surface area contributed by atoms with Crippen LogP contribution in [0.4, 0.5) is 0 Å². The van der Waals surface area contributed by atoms with Crippen molar-refractivity contribution in [1.29, 1.82) is 0 Å². The lowest BCUT2D eigenvalue weighted by atomic mass is 9.40. The summed E-state index contributed by atoms with van der Waals surface area (Å²) in [5.74, 6) is 1.72. The highest BCUT2D eigenvalue weighted by Gasteiger charge is 2.61. The Hall–Kier alpha value is 0.390. The summed E-state index contributed by atoms with van der Waals surface area (Å²) in [6.45, 7) is 4.92. The van der Waals surface area contributed by atoms with Crippen LogP contribution in [0.5, 0.6) is 0 Å². The van der Waals surface area contributed by atoms with Crippen LogP contribution < -0.4 is 0 Å². The van der Waals surface area contributed by atoms with E-state index in [1.807, 2.05) is 0 Å². The lowest BCUT2D eigenvalue weighted by Gasteiger charge is -2.64. The molecule has 0 aromatic carbocycles. The van der Waals surface area contributed by atoms with Gasteiger partial charge in [-0.2, -0.15) is 0 Å². The molecule has 0 spiro atoms. The van der Waals surface area contributed by atoms with Crippen LogP contribution in [0.25, 0.3) is 0 Å². The Balaban J connectivity index is 1.84. The van der Waals surface area contributed by atoms with Gasteiger partial charge in [-0.3, -0.25) is 0 Å². The zero-order chi connectivity index (χ0) is 15.0. The topological polar surface area (TPSA) is 25.8 Å². The van der Waals surface area contributed by atoms with Crippen molar-refractivity contribution in [2.24, 2.45) is 16.7 Å². The van der Waals surface area contributed by atoms with E-state index in [1.54, 1.807) is 0 Å². The molecule has 4 bridgehead atoms. The fraction of sp³-hybridized carbons (Fsp3) is 0.750. The van der Waals surface area contributed by atoms with Crippen LogP contribution in [0.1, 0.15) is 58.2 Å². The summed E-state index contributed by atoms with van der Waals surface area (Å²) in [6.07, 6.45) is 7.69. The minimum atomic E-state index is 0.0978. The molecule has 0 radical (unpaired) electrons. The largest absolute Gasteiger partial charge is 0.219 e. The molecule has 5 heteroatoms. The van der Waals surface area contributed by atoms with Gasteiger partial charge in [-0.25, -0.2) is 9.97 Å². The molecular weight excluding hydrogens is 418 g/mol. The first kappa shape index (κ1) is 14.9. The Morgan fingerprint density at radius 1 is 0.952 bits per heavy atom. The van der Waals surface area contributed by atoms with Gasteiger partial charge in [0.05, 0.1) is 3.57 Å².